The van der Waals surface area contributed by atoms with Gasteiger partial charge < -0.3 is 10.2 Å². The summed E-state index contributed by atoms with van der Waals surface area (Å²) in [4.78, 5) is 27.6. The Kier molecular flexibility index (Phi) is 3.51. The molecule has 2 aliphatic carbocycles. The summed E-state index contributed by atoms with van der Waals surface area (Å²) in [5.74, 6) is 0.614. The lowest BCUT2D eigenvalue weighted by Crippen LogP contribution is -2.71. The SMILES string of the molecule is CCCC1C(=O)NC(C)(C2CC2)C(=O)N1C1CCCC1. The maximum absolute atomic E-state index is 13.1. The summed E-state index contributed by atoms with van der Waals surface area (Å²) in [6.45, 7) is 4.02. The van der Waals surface area contributed by atoms with Crippen molar-refractivity contribution in [1.29, 1.82) is 0 Å². The van der Waals surface area contributed by atoms with Crippen LogP contribution in [0.2, 0.25) is 0 Å². The lowest BCUT2D eigenvalue weighted by Gasteiger charge is -2.47. The van der Waals surface area contributed by atoms with Gasteiger partial charge in [-0.05, 0) is 44.9 Å². The molecule has 4 heteroatoms. The second kappa shape index (κ2) is 5.05. The number of carbonyl (C=O) groups excluding carboxylic acids is 2. The Morgan fingerprint density at radius 1 is 1.20 bits per heavy atom. The first-order valence-electron chi connectivity index (χ1n) is 8.22. The molecule has 2 amide bonds. The second-order valence-corrected chi connectivity index (χ2v) is 6.92. The maximum Gasteiger partial charge on any atom is 0.249 e. The van der Waals surface area contributed by atoms with Gasteiger partial charge in [-0.3, -0.25) is 9.59 Å². The van der Waals surface area contributed by atoms with Crippen molar-refractivity contribution in [3.8, 4) is 0 Å². The zero-order valence-corrected chi connectivity index (χ0v) is 12.7. The molecular weight excluding hydrogens is 252 g/mol. The van der Waals surface area contributed by atoms with Crippen molar-refractivity contribution < 1.29 is 9.59 Å². The molecule has 3 fully saturated rings. The lowest BCUT2D eigenvalue weighted by molar-refractivity contribution is -0.158. The standard InChI is InChI=1S/C16H26N2O2/c1-3-6-13-14(19)17-16(2,11-9-10-11)15(20)18(13)12-7-4-5-8-12/h11-13H,3-10H2,1-2H3,(H,17,19). The van der Waals surface area contributed by atoms with Gasteiger partial charge in [-0.2, -0.15) is 0 Å². The molecule has 112 valence electrons. The van der Waals surface area contributed by atoms with Gasteiger partial charge in [0.25, 0.3) is 0 Å². The number of carbonyl (C=O) groups is 2. The molecule has 1 aliphatic heterocycles. The first-order chi connectivity index (χ1) is 9.58. The molecule has 1 N–H and O–H groups in total. The van der Waals surface area contributed by atoms with Crippen LogP contribution >= 0.6 is 0 Å². The van der Waals surface area contributed by atoms with Crippen LogP contribution in [0, 0.1) is 5.92 Å². The minimum atomic E-state index is -0.635. The molecule has 2 atom stereocenters. The van der Waals surface area contributed by atoms with Crippen LogP contribution in [-0.4, -0.2) is 34.3 Å². The second-order valence-electron chi connectivity index (χ2n) is 6.92. The normalized spacial score (nSPS) is 35.5. The summed E-state index contributed by atoms with van der Waals surface area (Å²) >= 11 is 0. The average molecular weight is 278 g/mol. The van der Waals surface area contributed by atoms with E-state index in [2.05, 4.69) is 12.2 Å². The summed E-state index contributed by atoms with van der Waals surface area (Å²) < 4.78 is 0. The van der Waals surface area contributed by atoms with E-state index in [-0.39, 0.29) is 17.9 Å². The molecule has 1 saturated heterocycles. The predicted octanol–water partition coefficient (Wildman–Crippen LogP) is 2.22. The number of nitrogens with zero attached hydrogens (tertiary/aromatic N) is 1. The van der Waals surface area contributed by atoms with Crippen LogP contribution in [-0.2, 0) is 9.59 Å². The van der Waals surface area contributed by atoms with Crippen molar-refractivity contribution in [1.82, 2.24) is 10.2 Å². The van der Waals surface area contributed by atoms with Crippen molar-refractivity contribution in [2.45, 2.75) is 82.8 Å². The molecule has 3 rings (SSSR count). The number of piperazine rings is 1. The molecule has 1 heterocycles. The van der Waals surface area contributed by atoms with E-state index in [0.29, 0.717) is 12.0 Å². The fourth-order valence-corrected chi connectivity index (χ4v) is 4.01. The zero-order valence-electron chi connectivity index (χ0n) is 12.7. The van der Waals surface area contributed by atoms with Gasteiger partial charge >= 0.3 is 0 Å². The minimum absolute atomic E-state index is 0.0766. The van der Waals surface area contributed by atoms with Gasteiger partial charge in [-0.1, -0.05) is 26.2 Å². The third kappa shape index (κ3) is 2.13. The van der Waals surface area contributed by atoms with E-state index in [9.17, 15) is 9.59 Å². The highest BCUT2D eigenvalue weighted by Gasteiger charge is 2.56. The zero-order chi connectivity index (χ0) is 14.3. The first kappa shape index (κ1) is 13.9. The molecule has 0 aromatic heterocycles. The Balaban J connectivity index is 1.89. The van der Waals surface area contributed by atoms with E-state index in [0.717, 1.165) is 38.5 Å². The highest BCUT2D eigenvalue weighted by atomic mass is 16.2. The van der Waals surface area contributed by atoms with Gasteiger partial charge in [-0.25, -0.2) is 0 Å². The number of hydrogen-bond donors (Lipinski definition) is 1. The lowest BCUT2D eigenvalue weighted by atomic mass is 9.87. The van der Waals surface area contributed by atoms with Crippen LogP contribution < -0.4 is 5.32 Å². The van der Waals surface area contributed by atoms with E-state index < -0.39 is 5.54 Å². The van der Waals surface area contributed by atoms with E-state index in [1.807, 2.05) is 11.8 Å². The third-order valence-corrected chi connectivity index (χ3v) is 5.37. The Morgan fingerprint density at radius 2 is 1.85 bits per heavy atom. The van der Waals surface area contributed by atoms with E-state index in [1.54, 1.807) is 0 Å². The molecular formula is C16H26N2O2. The van der Waals surface area contributed by atoms with Crippen LogP contribution in [0.25, 0.3) is 0 Å². The molecule has 2 unspecified atom stereocenters. The van der Waals surface area contributed by atoms with E-state index in [4.69, 9.17) is 0 Å². The van der Waals surface area contributed by atoms with Crippen LogP contribution in [0.15, 0.2) is 0 Å². The Hall–Kier alpha value is -1.06. The first-order valence-corrected chi connectivity index (χ1v) is 8.22. The summed E-state index contributed by atoms with van der Waals surface area (Å²) in [7, 11) is 0. The molecule has 0 radical (unpaired) electrons. The molecule has 4 nitrogen and oxygen atoms in total. The van der Waals surface area contributed by atoms with Crippen molar-refractivity contribution in [3.05, 3.63) is 0 Å². The largest absolute Gasteiger partial charge is 0.340 e. The quantitative estimate of drug-likeness (QED) is 0.857. The summed E-state index contributed by atoms with van der Waals surface area (Å²) in [6, 6.07) is 0.0607. The van der Waals surface area contributed by atoms with Crippen molar-refractivity contribution in [2.75, 3.05) is 0 Å². The average Bonchev–Trinajstić information content (AvgIpc) is 3.15. The van der Waals surface area contributed by atoms with Crippen molar-refractivity contribution >= 4 is 11.8 Å². The van der Waals surface area contributed by atoms with Gasteiger partial charge in [-0.15, -0.1) is 0 Å². The highest BCUT2D eigenvalue weighted by Crippen LogP contribution is 2.43. The number of hydrogen-bond acceptors (Lipinski definition) is 2. The van der Waals surface area contributed by atoms with Crippen LogP contribution in [0.1, 0.15) is 65.2 Å². The van der Waals surface area contributed by atoms with Crippen LogP contribution in [0.3, 0.4) is 0 Å². The van der Waals surface area contributed by atoms with E-state index >= 15 is 0 Å². The van der Waals surface area contributed by atoms with Crippen molar-refractivity contribution in [3.63, 3.8) is 0 Å². The Bertz CT molecular complexity index is 413. The fraction of sp³-hybridized carbons (Fsp3) is 0.875. The third-order valence-electron chi connectivity index (χ3n) is 5.37. The topological polar surface area (TPSA) is 49.4 Å². The molecule has 20 heavy (non-hydrogen) atoms. The van der Waals surface area contributed by atoms with Gasteiger partial charge in [0.2, 0.25) is 11.8 Å². The van der Waals surface area contributed by atoms with Gasteiger partial charge in [0, 0.05) is 6.04 Å². The summed E-state index contributed by atoms with van der Waals surface area (Å²) in [5.41, 5.74) is -0.635. The fourth-order valence-electron chi connectivity index (χ4n) is 4.01. The molecule has 0 aromatic rings. The predicted molar refractivity (Wildman–Crippen MR) is 77.1 cm³/mol. The number of rotatable bonds is 4. The van der Waals surface area contributed by atoms with Gasteiger partial charge in [0.05, 0.1) is 0 Å². The van der Waals surface area contributed by atoms with Crippen molar-refractivity contribution in [2.24, 2.45) is 5.92 Å². The molecule has 2 saturated carbocycles. The maximum atomic E-state index is 13.1. The van der Waals surface area contributed by atoms with Crippen LogP contribution in [0.5, 0.6) is 0 Å². The summed E-state index contributed by atoms with van der Waals surface area (Å²) in [5, 5.41) is 3.06. The monoisotopic (exact) mass is 278 g/mol. The molecule has 0 aromatic carbocycles. The van der Waals surface area contributed by atoms with Gasteiger partial charge in [0.1, 0.15) is 11.6 Å². The Morgan fingerprint density at radius 3 is 2.40 bits per heavy atom. The minimum Gasteiger partial charge on any atom is -0.340 e. The highest BCUT2D eigenvalue weighted by molar-refractivity contribution is 6.00. The number of amides is 2. The van der Waals surface area contributed by atoms with Crippen LogP contribution in [0.4, 0.5) is 0 Å². The molecule has 3 aliphatic rings. The molecule has 0 spiro atoms. The Labute approximate surface area is 121 Å². The molecule has 0 bridgehead atoms. The van der Waals surface area contributed by atoms with Gasteiger partial charge in [0.15, 0.2) is 0 Å². The summed E-state index contributed by atoms with van der Waals surface area (Å²) in [6.07, 6.45) is 8.38. The number of nitrogens with one attached hydrogen (secondary N) is 1. The van der Waals surface area contributed by atoms with E-state index in [1.165, 1.54) is 12.8 Å². The smallest absolute Gasteiger partial charge is 0.249 e.